The second-order valence-corrected chi connectivity index (χ2v) is 7.01. The van der Waals surface area contributed by atoms with Gasteiger partial charge in [-0.25, -0.2) is 0 Å². The molecule has 1 aliphatic heterocycles. The minimum absolute atomic E-state index is 0.0573. The van der Waals surface area contributed by atoms with Crippen molar-refractivity contribution in [1.29, 1.82) is 0 Å². The van der Waals surface area contributed by atoms with Gasteiger partial charge in [-0.3, -0.25) is 9.59 Å². The van der Waals surface area contributed by atoms with Crippen LogP contribution in [0.1, 0.15) is 43.0 Å². The van der Waals surface area contributed by atoms with Gasteiger partial charge in [0.05, 0.1) is 17.7 Å². The number of rotatable bonds is 5. The van der Waals surface area contributed by atoms with Gasteiger partial charge >= 0.3 is 0 Å². The predicted molar refractivity (Wildman–Crippen MR) is 98.3 cm³/mol. The molecule has 0 spiro atoms. The lowest BCUT2D eigenvalue weighted by Crippen LogP contribution is -2.33. The van der Waals surface area contributed by atoms with Crippen molar-refractivity contribution in [1.82, 2.24) is 4.90 Å². The highest BCUT2D eigenvalue weighted by Crippen LogP contribution is 2.46. The Morgan fingerprint density at radius 3 is 2.19 bits per heavy atom. The van der Waals surface area contributed by atoms with Crippen molar-refractivity contribution in [2.75, 3.05) is 0 Å². The van der Waals surface area contributed by atoms with E-state index in [0.717, 1.165) is 24.0 Å². The van der Waals surface area contributed by atoms with Gasteiger partial charge in [0.2, 0.25) is 0 Å². The summed E-state index contributed by atoms with van der Waals surface area (Å²) in [7, 11) is 0. The van der Waals surface area contributed by atoms with Gasteiger partial charge in [-0.2, -0.15) is 0 Å². The van der Waals surface area contributed by atoms with E-state index < -0.39 is 17.7 Å². The number of aliphatic hydroxyl groups is 1. The molecule has 1 heterocycles. The monoisotopic (exact) mass is 347 g/mol. The molecule has 26 heavy (non-hydrogen) atoms. The largest absolute Gasteiger partial charge is 0.503 e. The number of carbonyl (C=O) groups is 2. The Morgan fingerprint density at radius 2 is 1.62 bits per heavy atom. The molecule has 2 aromatic rings. The Balaban J connectivity index is 1.80. The van der Waals surface area contributed by atoms with Gasteiger partial charge in [-0.1, -0.05) is 60.7 Å². The average molecular weight is 347 g/mol. The van der Waals surface area contributed by atoms with Crippen molar-refractivity contribution in [3.63, 3.8) is 0 Å². The zero-order chi connectivity index (χ0) is 18.3. The number of aliphatic hydroxyl groups excluding tert-OH is 1. The molecule has 0 radical (unpaired) electrons. The van der Waals surface area contributed by atoms with Gasteiger partial charge in [0.1, 0.15) is 0 Å². The normalized spacial score (nSPS) is 21.2. The molecule has 1 fully saturated rings. The van der Waals surface area contributed by atoms with Gasteiger partial charge < -0.3 is 10.0 Å². The van der Waals surface area contributed by atoms with Crippen LogP contribution in [-0.2, 0) is 9.59 Å². The van der Waals surface area contributed by atoms with E-state index in [0.29, 0.717) is 0 Å². The summed E-state index contributed by atoms with van der Waals surface area (Å²) in [6.45, 7) is 1.93. The summed E-state index contributed by atoms with van der Waals surface area (Å²) in [5.41, 5.74) is 2.07. The van der Waals surface area contributed by atoms with E-state index in [4.69, 9.17) is 0 Å². The van der Waals surface area contributed by atoms with Crippen molar-refractivity contribution in [2.24, 2.45) is 5.92 Å². The van der Waals surface area contributed by atoms with Crippen LogP contribution in [0.15, 0.2) is 72.0 Å². The van der Waals surface area contributed by atoms with Crippen LogP contribution in [0.5, 0.6) is 0 Å². The summed E-state index contributed by atoms with van der Waals surface area (Å²) in [5.74, 6) is -1.01. The van der Waals surface area contributed by atoms with E-state index in [-0.39, 0.29) is 23.3 Å². The Kier molecular flexibility index (Phi) is 4.11. The van der Waals surface area contributed by atoms with Crippen molar-refractivity contribution in [2.45, 2.75) is 31.8 Å². The summed E-state index contributed by atoms with van der Waals surface area (Å²) in [4.78, 5) is 27.4. The smallest absolute Gasteiger partial charge is 0.290 e. The van der Waals surface area contributed by atoms with Crippen molar-refractivity contribution < 1.29 is 14.7 Å². The summed E-state index contributed by atoms with van der Waals surface area (Å²) < 4.78 is 0. The third-order valence-corrected chi connectivity index (χ3v) is 5.27. The second-order valence-electron chi connectivity index (χ2n) is 7.01. The second kappa shape index (κ2) is 6.45. The first-order valence-corrected chi connectivity index (χ1v) is 8.99. The van der Waals surface area contributed by atoms with Crippen molar-refractivity contribution in [3.8, 4) is 0 Å². The lowest BCUT2D eigenvalue weighted by molar-refractivity contribution is -0.131. The van der Waals surface area contributed by atoms with Crippen LogP contribution in [0.25, 0.3) is 0 Å². The van der Waals surface area contributed by atoms with E-state index in [1.165, 1.54) is 0 Å². The van der Waals surface area contributed by atoms with Crippen LogP contribution in [0.3, 0.4) is 0 Å². The van der Waals surface area contributed by atoms with Crippen molar-refractivity contribution >= 4 is 11.7 Å². The summed E-state index contributed by atoms with van der Waals surface area (Å²) in [6.07, 6.45) is 1.67. The molecule has 1 saturated carbocycles. The highest BCUT2D eigenvalue weighted by atomic mass is 16.3. The Labute approximate surface area is 152 Å². The molecular formula is C22H21NO3. The minimum Gasteiger partial charge on any atom is -0.503 e. The number of hydrogen-bond acceptors (Lipinski definition) is 3. The average Bonchev–Trinajstić information content (AvgIpc) is 3.49. The molecule has 4 nitrogen and oxygen atoms in total. The maximum absolute atomic E-state index is 12.9. The summed E-state index contributed by atoms with van der Waals surface area (Å²) >= 11 is 0. The first-order chi connectivity index (χ1) is 12.6. The van der Waals surface area contributed by atoms with Crippen LogP contribution >= 0.6 is 0 Å². The SMILES string of the molecule is C[C@H](c1ccccc1)N1C(=O)C(O)=C(C(=O)C2CC2)[C@@H]1c1ccccc1. The molecule has 1 N–H and O–H groups in total. The number of nitrogens with zero attached hydrogens (tertiary/aromatic N) is 1. The number of Topliss-reactive ketones (excluding diaryl/α,β-unsaturated/α-hetero) is 1. The van der Waals surface area contributed by atoms with Gasteiger partial charge in [0, 0.05) is 5.92 Å². The fourth-order valence-corrected chi connectivity index (χ4v) is 3.69. The molecule has 0 saturated heterocycles. The van der Waals surface area contributed by atoms with E-state index >= 15 is 0 Å². The first kappa shape index (κ1) is 16.6. The number of ketones is 1. The molecule has 132 valence electrons. The van der Waals surface area contributed by atoms with E-state index in [2.05, 4.69) is 0 Å². The lowest BCUT2D eigenvalue weighted by atomic mass is 9.93. The van der Waals surface area contributed by atoms with Gasteiger partial charge in [-0.05, 0) is 30.9 Å². The number of hydrogen-bond donors (Lipinski definition) is 1. The Morgan fingerprint density at radius 1 is 1.04 bits per heavy atom. The maximum atomic E-state index is 12.9. The summed E-state index contributed by atoms with van der Waals surface area (Å²) in [6, 6.07) is 18.4. The third kappa shape index (κ3) is 2.71. The molecule has 1 aliphatic carbocycles. The Bertz CT molecular complexity index is 869. The van der Waals surface area contributed by atoms with E-state index in [1.807, 2.05) is 67.6 Å². The highest BCUT2D eigenvalue weighted by Gasteiger charge is 2.48. The van der Waals surface area contributed by atoms with Crippen LogP contribution in [0.4, 0.5) is 0 Å². The molecule has 2 atom stereocenters. The van der Waals surface area contributed by atoms with Gasteiger partial charge in [-0.15, -0.1) is 0 Å². The zero-order valence-electron chi connectivity index (χ0n) is 14.6. The lowest BCUT2D eigenvalue weighted by Gasteiger charge is -2.32. The van der Waals surface area contributed by atoms with E-state index in [1.54, 1.807) is 4.90 Å². The number of benzene rings is 2. The van der Waals surface area contributed by atoms with Crippen LogP contribution in [0, 0.1) is 5.92 Å². The minimum atomic E-state index is -0.549. The predicted octanol–water partition coefficient (Wildman–Crippen LogP) is 4.12. The molecule has 4 rings (SSSR count). The molecule has 2 aromatic carbocycles. The number of amides is 1. The summed E-state index contributed by atoms with van der Waals surface area (Å²) in [5, 5.41) is 10.6. The maximum Gasteiger partial charge on any atom is 0.290 e. The van der Waals surface area contributed by atoms with E-state index in [9.17, 15) is 14.7 Å². The molecule has 2 aliphatic rings. The Hall–Kier alpha value is -2.88. The number of carbonyl (C=O) groups excluding carboxylic acids is 2. The van der Waals surface area contributed by atoms with Crippen molar-refractivity contribution in [3.05, 3.63) is 83.1 Å². The standard InChI is InChI=1S/C22H21NO3/c1-14(15-8-4-2-5-9-15)23-19(16-10-6-3-7-11-16)18(21(25)22(23)26)20(24)17-12-13-17/h2-11,14,17,19,25H,12-13H2,1H3/t14-,19+/m1/s1. The van der Waals surface area contributed by atoms with Gasteiger partial charge in [0.25, 0.3) is 5.91 Å². The third-order valence-electron chi connectivity index (χ3n) is 5.27. The first-order valence-electron chi connectivity index (χ1n) is 8.99. The molecule has 1 amide bonds. The van der Waals surface area contributed by atoms with Gasteiger partial charge in [0.15, 0.2) is 11.5 Å². The topological polar surface area (TPSA) is 57.6 Å². The van der Waals surface area contributed by atoms with Crippen LogP contribution < -0.4 is 0 Å². The highest BCUT2D eigenvalue weighted by molar-refractivity contribution is 6.10. The zero-order valence-corrected chi connectivity index (χ0v) is 14.6. The van der Waals surface area contributed by atoms with Crippen LogP contribution in [0.2, 0.25) is 0 Å². The molecular weight excluding hydrogens is 326 g/mol. The fourth-order valence-electron chi connectivity index (χ4n) is 3.69. The fraction of sp³-hybridized carbons (Fsp3) is 0.273. The molecule has 4 heteroatoms. The molecule has 0 aromatic heterocycles. The quantitative estimate of drug-likeness (QED) is 0.885. The molecule has 0 unspecified atom stereocenters. The van der Waals surface area contributed by atoms with Crippen LogP contribution in [-0.4, -0.2) is 21.7 Å². The molecule has 0 bridgehead atoms.